The van der Waals surface area contributed by atoms with Crippen LogP contribution in [0.25, 0.3) is 0 Å². The van der Waals surface area contributed by atoms with Gasteiger partial charge < -0.3 is 20.1 Å². The maximum absolute atomic E-state index is 13.9. The second-order valence-electron chi connectivity index (χ2n) is 11.6. The molecule has 0 aliphatic carbocycles. The first-order valence-electron chi connectivity index (χ1n) is 15.3. The molecule has 0 bridgehead atoms. The van der Waals surface area contributed by atoms with Gasteiger partial charge in [-0.2, -0.15) is 0 Å². The van der Waals surface area contributed by atoms with Crippen LogP contribution in [-0.4, -0.2) is 51.2 Å². The van der Waals surface area contributed by atoms with Crippen LogP contribution < -0.4 is 20.5 Å². The Labute approximate surface area is 262 Å². The highest BCUT2D eigenvalue weighted by Gasteiger charge is 2.37. The van der Waals surface area contributed by atoms with Gasteiger partial charge in [-0.3, -0.25) is 14.4 Å². The molecule has 2 aromatic rings. The van der Waals surface area contributed by atoms with Crippen LogP contribution in [0.4, 0.5) is 5.69 Å². The third kappa shape index (κ3) is 9.36. The molecular weight excluding hydrogens is 582 g/mol. The fourth-order valence-corrected chi connectivity index (χ4v) is 5.45. The smallest absolute Gasteiger partial charge is 0.246 e. The van der Waals surface area contributed by atoms with Gasteiger partial charge in [0.25, 0.3) is 0 Å². The first kappa shape index (κ1) is 36.9. The van der Waals surface area contributed by atoms with Gasteiger partial charge >= 0.3 is 0 Å². The summed E-state index contributed by atoms with van der Waals surface area (Å²) in [6.07, 6.45) is 3.35. The SMILES string of the molecule is CCCCNc1cc(C(=O)C(C)(CC)OCC(=O)NCC(=O)C(C)(CC)C(C)CC)cc(S(N)(=O)=O)c1Oc1ccccc1. The lowest BCUT2D eigenvalue weighted by Gasteiger charge is -2.33. The van der Waals surface area contributed by atoms with Crippen molar-refractivity contribution in [2.75, 3.05) is 25.0 Å². The fourth-order valence-electron chi connectivity index (χ4n) is 4.75. The van der Waals surface area contributed by atoms with Crippen molar-refractivity contribution in [1.82, 2.24) is 5.32 Å². The first-order valence-corrected chi connectivity index (χ1v) is 16.9. The Balaban J connectivity index is 2.35. The van der Waals surface area contributed by atoms with Gasteiger partial charge in [-0.05, 0) is 56.4 Å². The minimum absolute atomic E-state index is 0.0222. The first-order chi connectivity index (χ1) is 20.7. The Bertz CT molecular complexity index is 1400. The molecule has 244 valence electrons. The number of ether oxygens (including phenoxy) is 2. The van der Waals surface area contributed by atoms with E-state index in [9.17, 15) is 22.8 Å². The Morgan fingerprint density at radius 2 is 1.66 bits per heavy atom. The van der Waals surface area contributed by atoms with Crippen molar-refractivity contribution in [2.24, 2.45) is 16.5 Å². The van der Waals surface area contributed by atoms with E-state index in [1.54, 1.807) is 44.2 Å². The number of carbonyl (C=O) groups is 3. The molecule has 10 nitrogen and oxygen atoms in total. The molecule has 3 unspecified atom stereocenters. The fraction of sp³-hybridized carbons (Fsp3) is 0.545. The minimum atomic E-state index is -4.33. The van der Waals surface area contributed by atoms with E-state index in [-0.39, 0.29) is 46.6 Å². The number of Topliss-reactive ketones (excluding diaryl/α,β-unsaturated/α-hetero) is 2. The van der Waals surface area contributed by atoms with Gasteiger partial charge in [0.1, 0.15) is 22.9 Å². The van der Waals surface area contributed by atoms with E-state index < -0.39 is 39.3 Å². The van der Waals surface area contributed by atoms with Crippen LogP contribution >= 0.6 is 0 Å². The number of rotatable bonds is 19. The highest BCUT2D eigenvalue weighted by atomic mass is 32.2. The summed E-state index contributed by atoms with van der Waals surface area (Å²) in [7, 11) is -4.33. The van der Waals surface area contributed by atoms with Crippen LogP contribution in [0.15, 0.2) is 47.4 Å². The van der Waals surface area contributed by atoms with Crippen LogP contribution in [0.5, 0.6) is 11.5 Å². The molecule has 44 heavy (non-hydrogen) atoms. The molecular formula is C33H49N3O7S. The van der Waals surface area contributed by atoms with Crippen molar-refractivity contribution in [1.29, 1.82) is 0 Å². The van der Waals surface area contributed by atoms with Gasteiger partial charge in [-0.15, -0.1) is 0 Å². The van der Waals surface area contributed by atoms with Gasteiger partial charge in [0.05, 0.1) is 12.2 Å². The van der Waals surface area contributed by atoms with Gasteiger partial charge in [-0.25, -0.2) is 13.6 Å². The molecule has 0 radical (unpaired) electrons. The monoisotopic (exact) mass is 631 g/mol. The number of anilines is 1. The Kier molecular flexibility index (Phi) is 13.5. The molecule has 2 rings (SSSR count). The Morgan fingerprint density at radius 1 is 1.00 bits per heavy atom. The zero-order valence-electron chi connectivity index (χ0n) is 27.1. The zero-order chi connectivity index (χ0) is 33.1. The quantitative estimate of drug-likeness (QED) is 0.129. The van der Waals surface area contributed by atoms with E-state index in [0.29, 0.717) is 18.7 Å². The number of ketones is 2. The van der Waals surface area contributed by atoms with Gasteiger partial charge in [-0.1, -0.05) is 72.6 Å². The molecule has 0 aliphatic rings. The number of para-hydroxylation sites is 1. The third-order valence-corrected chi connectivity index (χ3v) is 9.54. The maximum Gasteiger partial charge on any atom is 0.246 e. The number of unbranched alkanes of at least 4 members (excludes halogenated alkanes) is 1. The molecule has 0 saturated carbocycles. The van der Waals surface area contributed by atoms with E-state index in [2.05, 4.69) is 10.6 Å². The summed E-state index contributed by atoms with van der Waals surface area (Å²) in [6.45, 7) is 13.1. The Morgan fingerprint density at radius 3 is 2.20 bits per heavy atom. The summed E-state index contributed by atoms with van der Waals surface area (Å²) in [4.78, 5) is 39.2. The summed E-state index contributed by atoms with van der Waals surface area (Å²) in [6, 6.07) is 11.3. The lowest BCUT2D eigenvalue weighted by atomic mass is 9.71. The molecule has 0 spiro atoms. The number of hydrogen-bond acceptors (Lipinski definition) is 8. The number of carbonyl (C=O) groups excluding carboxylic acids is 3. The number of hydrogen-bond donors (Lipinski definition) is 3. The average Bonchev–Trinajstić information content (AvgIpc) is 3.01. The molecule has 0 heterocycles. The van der Waals surface area contributed by atoms with Crippen molar-refractivity contribution >= 4 is 33.2 Å². The summed E-state index contributed by atoms with van der Waals surface area (Å²) >= 11 is 0. The van der Waals surface area contributed by atoms with Gasteiger partial charge in [0.15, 0.2) is 17.3 Å². The predicted molar refractivity (Wildman–Crippen MR) is 173 cm³/mol. The van der Waals surface area contributed by atoms with Crippen LogP contribution in [0, 0.1) is 11.3 Å². The predicted octanol–water partition coefficient (Wildman–Crippen LogP) is 5.85. The van der Waals surface area contributed by atoms with Crippen molar-refractivity contribution in [2.45, 2.75) is 91.1 Å². The van der Waals surface area contributed by atoms with E-state index >= 15 is 0 Å². The number of amides is 1. The van der Waals surface area contributed by atoms with Gasteiger partial charge in [0, 0.05) is 17.5 Å². The summed E-state index contributed by atoms with van der Waals surface area (Å²) in [5, 5.41) is 11.4. The highest BCUT2D eigenvalue weighted by Crippen LogP contribution is 2.38. The number of primary sulfonamides is 1. The molecule has 0 aliphatic heterocycles. The maximum atomic E-state index is 13.9. The van der Waals surface area contributed by atoms with E-state index in [1.807, 2.05) is 34.6 Å². The van der Waals surface area contributed by atoms with Crippen LogP contribution in [-0.2, 0) is 24.3 Å². The number of nitrogens with one attached hydrogen (secondary N) is 2. The number of benzene rings is 2. The molecule has 1 amide bonds. The molecule has 4 N–H and O–H groups in total. The normalized spacial score (nSPS) is 15.0. The van der Waals surface area contributed by atoms with Crippen LogP contribution in [0.1, 0.15) is 90.9 Å². The summed E-state index contributed by atoms with van der Waals surface area (Å²) in [5.41, 5.74) is -1.72. The third-order valence-electron chi connectivity index (χ3n) is 8.63. The molecule has 11 heteroatoms. The summed E-state index contributed by atoms with van der Waals surface area (Å²) in [5.74, 6) is -0.604. The molecule has 3 atom stereocenters. The van der Waals surface area contributed by atoms with Crippen LogP contribution in [0.3, 0.4) is 0 Å². The largest absolute Gasteiger partial charge is 0.454 e. The topological polar surface area (TPSA) is 154 Å². The second-order valence-corrected chi connectivity index (χ2v) is 13.1. The van der Waals surface area contributed by atoms with Crippen molar-refractivity contribution in [3.63, 3.8) is 0 Å². The molecule has 2 aromatic carbocycles. The van der Waals surface area contributed by atoms with Crippen molar-refractivity contribution in [3.05, 3.63) is 48.0 Å². The highest BCUT2D eigenvalue weighted by molar-refractivity contribution is 7.89. The van der Waals surface area contributed by atoms with Crippen molar-refractivity contribution < 1.29 is 32.3 Å². The lowest BCUT2D eigenvalue weighted by molar-refractivity contribution is -0.135. The minimum Gasteiger partial charge on any atom is -0.454 e. The average molecular weight is 632 g/mol. The van der Waals surface area contributed by atoms with E-state index in [4.69, 9.17) is 14.6 Å². The molecule has 0 fully saturated rings. The number of nitrogens with two attached hydrogens (primary N) is 1. The van der Waals surface area contributed by atoms with E-state index in [0.717, 1.165) is 19.3 Å². The summed E-state index contributed by atoms with van der Waals surface area (Å²) < 4.78 is 37.4. The number of sulfonamides is 1. The van der Waals surface area contributed by atoms with Crippen LogP contribution in [0.2, 0.25) is 0 Å². The van der Waals surface area contributed by atoms with E-state index in [1.165, 1.54) is 12.1 Å². The Hall–Kier alpha value is -3.28. The van der Waals surface area contributed by atoms with Gasteiger partial charge in [0.2, 0.25) is 15.9 Å². The second kappa shape index (κ2) is 16.2. The van der Waals surface area contributed by atoms with Crippen molar-refractivity contribution in [3.8, 4) is 11.5 Å². The zero-order valence-corrected chi connectivity index (χ0v) is 27.9. The standard InChI is InChI=1S/C33H49N3O7S/c1-8-12-18-35-26-19-24(20-27(44(34,40)41)30(26)43-25-16-14-13-15-17-25)31(39)33(7,11-4)42-22-29(38)36-21-28(37)32(6,10-3)23(5)9-2/h13-17,19-20,23,35H,8-12,18,21-22H2,1-7H3,(H,36,38)(H2,34,40,41). The molecule has 0 saturated heterocycles. The molecule has 0 aromatic heterocycles. The lowest BCUT2D eigenvalue weighted by Crippen LogP contribution is -2.44.